The van der Waals surface area contributed by atoms with E-state index in [0.29, 0.717) is 12.0 Å². The zero-order valence-corrected chi connectivity index (χ0v) is 16.6. The summed E-state index contributed by atoms with van der Waals surface area (Å²) >= 11 is 1.68. The second-order valence-electron chi connectivity index (χ2n) is 6.50. The largest absolute Gasteiger partial charge is 0.380 e. The number of hydrogen-bond acceptors (Lipinski definition) is 4. The van der Waals surface area contributed by atoms with Gasteiger partial charge in [-0.2, -0.15) is 0 Å². The number of hydrogen-bond donors (Lipinski definition) is 2. The van der Waals surface area contributed by atoms with Crippen LogP contribution in [0, 0.1) is 12.8 Å². The Balaban J connectivity index is 1.92. The van der Waals surface area contributed by atoms with Crippen LogP contribution >= 0.6 is 11.3 Å². The highest BCUT2D eigenvalue weighted by molar-refractivity contribution is 7.09. The minimum absolute atomic E-state index is 0.314. The van der Waals surface area contributed by atoms with Crippen molar-refractivity contribution < 1.29 is 0 Å². The van der Waals surface area contributed by atoms with E-state index in [1.807, 2.05) is 27.1 Å². The number of benzene rings is 1. The highest BCUT2D eigenvalue weighted by Gasteiger charge is 2.15. The van der Waals surface area contributed by atoms with Gasteiger partial charge >= 0.3 is 0 Å². The quantitative estimate of drug-likeness (QED) is 0.586. The number of para-hydroxylation sites is 1. The van der Waals surface area contributed by atoms with Gasteiger partial charge < -0.3 is 15.5 Å². The van der Waals surface area contributed by atoms with E-state index in [9.17, 15) is 0 Å². The summed E-state index contributed by atoms with van der Waals surface area (Å²) in [6.45, 7) is 8.05. The lowest BCUT2D eigenvalue weighted by Gasteiger charge is -2.27. The summed E-state index contributed by atoms with van der Waals surface area (Å²) in [5, 5.41) is 10.3. The summed E-state index contributed by atoms with van der Waals surface area (Å²) in [5.74, 6) is 1.38. The molecule has 1 aromatic heterocycles. The van der Waals surface area contributed by atoms with Gasteiger partial charge in [0, 0.05) is 37.7 Å². The predicted molar refractivity (Wildman–Crippen MR) is 108 cm³/mol. The van der Waals surface area contributed by atoms with Crippen LogP contribution in [-0.2, 0) is 6.54 Å². The Bertz CT molecular complexity index is 665. The highest BCUT2D eigenvalue weighted by Crippen LogP contribution is 2.12. The fraction of sp³-hybridized carbons (Fsp3) is 0.474. The molecule has 0 amide bonds. The number of aliphatic imine (C=N–C) groups is 1. The molecule has 25 heavy (non-hydrogen) atoms. The molecule has 2 aromatic rings. The number of guanidine groups is 1. The van der Waals surface area contributed by atoms with Gasteiger partial charge in [0.25, 0.3) is 0 Å². The minimum atomic E-state index is 0.314. The SMILES string of the molecule is CN=C(NCC(Nc1ccccc1)C(C)C)N(C)Cc1csc(C)n1. The van der Waals surface area contributed by atoms with Crippen molar-refractivity contribution in [3.63, 3.8) is 0 Å². The van der Waals surface area contributed by atoms with Crippen molar-refractivity contribution in [3.05, 3.63) is 46.4 Å². The Morgan fingerprint density at radius 3 is 2.56 bits per heavy atom. The van der Waals surface area contributed by atoms with Crippen molar-refractivity contribution in [2.45, 2.75) is 33.4 Å². The summed E-state index contributed by atoms with van der Waals surface area (Å²) in [5.41, 5.74) is 2.22. The smallest absolute Gasteiger partial charge is 0.193 e. The fourth-order valence-electron chi connectivity index (χ4n) is 2.59. The predicted octanol–water partition coefficient (Wildman–Crippen LogP) is 3.60. The highest BCUT2D eigenvalue weighted by atomic mass is 32.1. The van der Waals surface area contributed by atoms with E-state index in [-0.39, 0.29) is 0 Å². The Labute approximate surface area is 155 Å². The molecule has 6 heteroatoms. The first kappa shape index (κ1) is 19.2. The molecule has 1 unspecified atom stereocenters. The molecule has 2 rings (SSSR count). The average Bonchev–Trinajstić information content (AvgIpc) is 3.00. The van der Waals surface area contributed by atoms with Crippen LogP contribution in [0.4, 0.5) is 5.69 Å². The molecule has 0 spiro atoms. The van der Waals surface area contributed by atoms with Gasteiger partial charge in [0.15, 0.2) is 5.96 Å². The van der Waals surface area contributed by atoms with Gasteiger partial charge in [-0.15, -0.1) is 11.3 Å². The molecule has 0 aliphatic carbocycles. The second kappa shape index (κ2) is 9.42. The summed E-state index contributed by atoms with van der Waals surface area (Å²) in [4.78, 5) is 11.0. The van der Waals surface area contributed by atoms with Crippen molar-refractivity contribution in [3.8, 4) is 0 Å². The molecule has 0 bridgehead atoms. The van der Waals surface area contributed by atoms with E-state index in [4.69, 9.17) is 0 Å². The van der Waals surface area contributed by atoms with Crippen molar-refractivity contribution in [2.75, 3.05) is 26.0 Å². The maximum absolute atomic E-state index is 4.53. The number of anilines is 1. The Morgan fingerprint density at radius 2 is 2.00 bits per heavy atom. The first-order chi connectivity index (χ1) is 12.0. The van der Waals surface area contributed by atoms with Crippen LogP contribution in [0.3, 0.4) is 0 Å². The van der Waals surface area contributed by atoms with E-state index in [1.165, 1.54) is 0 Å². The van der Waals surface area contributed by atoms with Crippen molar-refractivity contribution >= 4 is 23.0 Å². The molecule has 136 valence electrons. The van der Waals surface area contributed by atoms with Crippen molar-refractivity contribution in [2.24, 2.45) is 10.9 Å². The van der Waals surface area contributed by atoms with Gasteiger partial charge in [-0.1, -0.05) is 32.0 Å². The number of thiazole rings is 1. The van der Waals surface area contributed by atoms with Gasteiger partial charge in [-0.25, -0.2) is 4.98 Å². The number of aromatic nitrogens is 1. The average molecular weight is 360 g/mol. The molecular weight excluding hydrogens is 330 g/mol. The summed E-state index contributed by atoms with van der Waals surface area (Å²) in [6, 6.07) is 10.6. The van der Waals surface area contributed by atoms with Crippen LogP contribution < -0.4 is 10.6 Å². The molecule has 1 heterocycles. The van der Waals surface area contributed by atoms with Gasteiger partial charge in [-0.05, 0) is 25.0 Å². The third-order valence-electron chi connectivity index (χ3n) is 4.05. The lowest BCUT2D eigenvalue weighted by molar-refractivity contribution is 0.453. The van der Waals surface area contributed by atoms with Crippen LogP contribution in [0.25, 0.3) is 0 Å². The van der Waals surface area contributed by atoms with E-state index in [2.05, 4.69) is 69.0 Å². The zero-order chi connectivity index (χ0) is 18.2. The molecular formula is C19H29N5S. The third-order valence-corrected chi connectivity index (χ3v) is 4.87. The molecule has 0 saturated carbocycles. The number of nitrogens with zero attached hydrogens (tertiary/aromatic N) is 3. The van der Waals surface area contributed by atoms with E-state index in [0.717, 1.165) is 35.4 Å². The van der Waals surface area contributed by atoms with Crippen LogP contribution in [0.2, 0.25) is 0 Å². The Morgan fingerprint density at radius 1 is 1.28 bits per heavy atom. The van der Waals surface area contributed by atoms with Crippen molar-refractivity contribution in [1.82, 2.24) is 15.2 Å². The second-order valence-corrected chi connectivity index (χ2v) is 7.57. The summed E-state index contributed by atoms with van der Waals surface area (Å²) in [7, 11) is 3.86. The first-order valence-electron chi connectivity index (χ1n) is 8.64. The third kappa shape index (κ3) is 6.05. The lowest BCUT2D eigenvalue weighted by Crippen LogP contribution is -2.45. The van der Waals surface area contributed by atoms with E-state index in [1.54, 1.807) is 11.3 Å². The summed E-state index contributed by atoms with van der Waals surface area (Å²) in [6.07, 6.45) is 0. The first-order valence-corrected chi connectivity index (χ1v) is 9.52. The standard InChI is InChI=1S/C19H29N5S/c1-14(2)18(23-16-9-7-6-8-10-16)11-21-19(20-4)24(5)12-17-13-25-15(3)22-17/h6-10,13-14,18,23H,11-12H2,1-5H3,(H,20,21). The van der Waals surface area contributed by atoms with Crippen molar-refractivity contribution in [1.29, 1.82) is 0 Å². The monoisotopic (exact) mass is 359 g/mol. The molecule has 0 aliphatic rings. The molecule has 2 N–H and O–H groups in total. The summed E-state index contributed by atoms with van der Waals surface area (Å²) < 4.78 is 0. The Hall–Kier alpha value is -2.08. The van der Waals surface area contributed by atoms with Crippen LogP contribution in [0.1, 0.15) is 24.5 Å². The lowest BCUT2D eigenvalue weighted by atomic mass is 10.0. The maximum atomic E-state index is 4.53. The van der Waals surface area contributed by atoms with Gasteiger partial charge in [0.1, 0.15) is 0 Å². The van der Waals surface area contributed by atoms with E-state index >= 15 is 0 Å². The normalized spacial score (nSPS) is 13.0. The number of nitrogens with one attached hydrogen (secondary N) is 2. The Kier molecular flexibility index (Phi) is 7.25. The molecule has 0 saturated heterocycles. The minimum Gasteiger partial charge on any atom is -0.380 e. The molecule has 5 nitrogen and oxygen atoms in total. The maximum Gasteiger partial charge on any atom is 0.193 e. The molecule has 0 aliphatic heterocycles. The topological polar surface area (TPSA) is 52.6 Å². The molecule has 1 atom stereocenters. The van der Waals surface area contributed by atoms with Crippen LogP contribution in [0.15, 0.2) is 40.7 Å². The van der Waals surface area contributed by atoms with E-state index < -0.39 is 0 Å². The number of aryl methyl sites for hydroxylation is 1. The van der Waals surface area contributed by atoms with Crippen LogP contribution in [0.5, 0.6) is 0 Å². The van der Waals surface area contributed by atoms with Crippen LogP contribution in [-0.4, -0.2) is 42.5 Å². The van der Waals surface area contributed by atoms with Gasteiger partial charge in [0.05, 0.1) is 17.2 Å². The van der Waals surface area contributed by atoms with Gasteiger partial charge in [-0.3, -0.25) is 4.99 Å². The zero-order valence-electron chi connectivity index (χ0n) is 15.8. The fourth-order valence-corrected chi connectivity index (χ4v) is 3.19. The number of rotatable bonds is 7. The molecule has 0 fully saturated rings. The molecule has 1 aromatic carbocycles. The molecule has 0 radical (unpaired) electrons. The van der Waals surface area contributed by atoms with Gasteiger partial charge in [0.2, 0.25) is 0 Å².